The van der Waals surface area contributed by atoms with Crippen LogP contribution in [0.25, 0.3) is 43.4 Å². The molecule has 14 rings (SSSR count). The van der Waals surface area contributed by atoms with Crippen LogP contribution < -0.4 is 16.8 Å². The van der Waals surface area contributed by atoms with Crippen molar-refractivity contribution in [3.05, 3.63) is 272 Å². The van der Waals surface area contributed by atoms with Crippen molar-refractivity contribution in [3.63, 3.8) is 0 Å². The van der Waals surface area contributed by atoms with Gasteiger partial charge in [-0.2, -0.15) is 5.26 Å². The second kappa shape index (κ2) is 32.4. The number of aromatic nitrogens is 3. The van der Waals surface area contributed by atoms with Crippen LogP contribution in [0.5, 0.6) is 0 Å². The molecule has 3 aliphatic rings. The lowest BCUT2D eigenvalue weighted by molar-refractivity contribution is 0.125. The van der Waals surface area contributed by atoms with Crippen LogP contribution in [0.3, 0.4) is 0 Å². The van der Waals surface area contributed by atoms with Crippen molar-refractivity contribution in [2.45, 2.75) is 96.8 Å². The molecule has 11 nitrogen and oxygen atoms in total. The van der Waals surface area contributed by atoms with Crippen LogP contribution in [0, 0.1) is 65.6 Å². The number of pyridine rings is 3. The van der Waals surface area contributed by atoms with Crippen LogP contribution >= 0.6 is 11.6 Å². The van der Waals surface area contributed by atoms with Gasteiger partial charge in [-0.1, -0.05) is 176 Å². The molecule has 3 aliphatic heterocycles. The number of halogens is 2. The summed E-state index contributed by atoms with van der Waals surface area (Å²) in [6.45, 7) is 16.0. The molecule has 13 heteroatoms. The summed E-state index contributed by atoms with van der Waals surface area (Å²) in [5.74, 6) is 1.90. The van der Waals surface area contributed by atoms with Crippen molar-refractivity contribution < 1.29 is 14.1 Å². The molecule has 0 unspecified atom stereocenters. The van der Waals surface area contributed by atoms with Crippen molar-refractivity contribution in [1.29, 1.82) is 5.26 Å². The first-order chi connectivity index (χ1) is 40.1. The summed E-state index contributed by atoms with van der Waals surface area (Å²) in [6.07, 6.45) is 4.17. The van der Waals surface area contributed by atoms with Crippen molar-refractivity contribution in [1.82, 2.24) is 15.0 Å². The van der Waals surface area contributed by atoms with Crippen molar-refractivity contribution in [2.24, 2.45) is 21.8 Å². The molecule has 0 aliphatic carbocycles. The van der Waals surface area contributed by atoms with Crippen molar-refractivity contribution >= 4 is 72.4 Å². The minimum absolute atomic E-state index is 0. The molecule has 6 heterocycles. The van der Waals surface area contributed by atoms with E-state index >= 15 is 0 Å². The molecule has 0 atom stereocenters. The van der Waals surface area contributed by atoms with Crippen LogP contribution in [0.1, 0.15) is 101 Å². The quantitative estimate of drug-likeness (QED) is 0.134. The summed E-state index contributed by atoms with van der Waals surface area (Å²) in [7, 11) is 0. The number of rotatable bonds is 0. The van der Waals surface area contributed by atoms with E-state index in [9.17, 15) is 4.39 Å². The van der Waals surface area contributed by atoms with Crippen LogP contribution in [-0.4, -0.2) is 33.2 Å². The second-order valence-corrected chi connectivity index (χ2v) is 20.8. The van der Waals surface area contributed by atoms with Crippen LogP contribution in [0.4, 0.5) is 10.2 Å². The highest BCUT2D eigenvalue weighted by Crippen LogP contribution is 2.23. The van der Waals surface area contributed by atoms with E-state index in [0.29, 0.717) is 30.4 Å². The van der Waals surface area contributed by atoms with Gasteiger partial charge in [0.1, 0.15) is 24.8 Å². The molecule has 5 N–H and O–H groups in total. The zero-order valence-corrected chi connectivity index (χ0v) is 48.6. The standard InChI is InChI=1S/C12H9N.C11H9Cl.C11H9F.2C9H10N2O.C9H12N2.C9H8N2.3CH4/c1-9-6-10-4-2-3-5-11(10)7-12(9)8-13;1-8-2-3-10-7-11(12)5-4-9(10)6-8;1-8-6-9-4-2-3-5-10(9)7-11(8)12;1-6-2-3-8-7(4-6)5-12-11-9(8)10;1-6-2-3-7-5-12-11-9(10)8(7)4-6;2*1-7-4-5-8-3-2-6-10-9(8)11-7;;;/h2-7H,1H3;2*2-7H,1H3;2*2-4H,5H2,1H3,(H2,10,11);4-5H,2-3,6H2,1H3,(H,10,11);2-6H,1H3;3*1H4. The third-order valence-electron chi connectivity index (χ3n) is 13.7. The number of nitriles is 1. The first kappa shape index (κ1) is 67.1. The predicted octanol–water partition coefficient (Wildman–Crippen LogP) is 18.0. The molecule has 0 saturated carbocycles. The number of anilines is 1. The molecule has 0 saturated heterocycles. The Hall–Kier alpha value is -9.70. The highest BCUT2D eigenvalue weighted by molar-refractivity contribution is 6.31. The lowest BCUT2D eigenvalue weighted by Gasteiger charge is -2.16. The zero-order chi connectivity index (χ0) is 58.8. The third-order valence-corrected chi connectivity index (χ3v) is 13.9. The highest BCUT2D eigenvalue weighted by atomic mass is 35.5. The van der Waals surface area contributed by atoms with Gasteiger partial charge in [0.25, 0.3) is 0 Å². The maximum Gasteiger partial charge on any atom is 0.170 e. The maximum atomic E-state index is 13.0. The summed E-state index contributed by atoms with van der Waals surface area (Å²) < 4.78 is 13.0. The molecule has 11 aromatic rings. The van der Waals surface area contributed by atoms with Gasteiger partial charge in [-0.3, -0.25) is 0 Å². The third kappa shape index (κ3) is 18.7. The fourth-order valence-electron chi connectivity index (χ4n) is 9.20. The number of benzene rings is 8. The number of nitrogens with one attached hydrogen (secondary N) is 1. The fraction of sp³-hybridized carbons (Fsp3) is 0.205. The van der Waals surface area contributed by atoms with Crippen molar-refractivity contribution in [3.8, 4) is 6.07 Å². The Morgan fingerprint density at radius 1 is 0.512 bits per heavy atom. The molecular formula is C73H79ClFN9O2. The van der Waals surface area contributed by atoms with E-state index in [-0.39, 0.29) is 28.1 Å². The van der Waals surface area contributed by atoms with Crippen LogP contribution in [0.2, 0.25) is 5.02 Å². The number of nitrogens with zero attached hydrogens (tertiary/aromatic N) is 6. The number of fused-ring (bicyclic) bond motifs is 7. The van der Waals surface area contributed by atoms with Crippen molar-refractivity contribution in [2.75, 3.05) is 11.9 Å². The molecule has 3 aromatic heterocycles. The van der Waals surface area contributed by atoms with E-state index in [4.69, 9.17) is 38.0 Å². The number of aryl methyl sites for hydroxylation is 8. The Morgan fingerprint density at radius 3 is 1.74 bits per heavy atom. The lowest BCUT2D eigenvalue weighted by Crippen LogP contribution is -2.20. The number of nitrogens with two attached hydrogens (primary N) is 2. The Kier molecular flexibility index (Phi) is 25.3. The van der Waals surface area contributed by atoms with E-state index < -0.39 is 0 Å². The van der Waals surface area contributed by atoms with Gasteiger partial charge < -0.3 is 26.5 Å². The monoisotopic (exact) mass is 1170 g/mol. The summed E-state index contributed by atoms with van der Waals surface area (Å²) in [5, 5.41) is 28.2. The molecule has 8 aromatic carbocycles. The fourth-order valence-corrected chi connectivity index (χ4v) is 9.38. The summed E-state index contributed by atoms with van der Waals surface area (Å²) >= 11 is 5.86. The molecule has 0 bridgehead atoms. The van der Waals surface area contributed by atoms with E-state index in [1.54, 1.807) is 19.2 Å². The second-order valence-electron chi connectivity index (χ2n) is 20.4. The number of hydrogen-bond donors (Lipinski definition) is 3. The first-order valence-electron chi connectivity index (χ1n) is 27.3. The van der Waals surface area contributed by atoms with E-state index in [1.807, 2.05) is 168 Å². The Morgan fingerprint density at radius 2 is 1.03 bits per heavy atom. The summed E-state index contributed by atoms with van der Waals surface area (Å²) in [6, 6.07) is 62.1. The molecule has 0 amide bonds. The SMILES string of the molecule is C.C.C.Cc1cc2ccccc2cc1C#N.Cc1cc2ccccc2cc1F.Cc1ccc2c(c1)C(N)=NOC2.Cc1ccc2c(c1)CON=C2N.Cc1ccc2c(n1)NCCC2.Cc1ccc2cc(Cl)ccc2c1.Cc1ccc2cccnc2n1. The molecule has 442 valence electrons. The van der Waals surface area contributed by atoms with Gasteiger partial charge in [0.2, 0.25) is 0 Å². The molecule has 0 fully saturated rings. The van der Waals surface area contributed by atoms with Gasteiger partial charge in [-0.15, -0.1) is 0 Å². The summed E-state index contributed by atoms with van der Waals surface area (Å²) in [5.41, 5.74) is 26.0. The van der Waals surface area contributed by atoms with Crippen LogP contribution in [0.15, 0.2) is 198 Å². The predicted molar refractivity (Wildman–Crippen MR) is 359 cm³/mol. The van der Waals surface area contributed by atoms with Gasteiger partial charge in [0.05, 0.1) is 11.6 Å². The van der Waals surface area contributed by atoms with Gasteiger partial charge in [0, 0.05) is 56.8 Å². The number of hydrogen-bond acceptors (Lipinski definition) is 11. The average Bonchev–Trinajstić information content (AvgIpc) is 3.41. The van der Waals surface area contributed by atoms with E-state index in [0.717, 1.165) is 89.3 Å². The normalized spacial score (nSPS) is 11.8. The van der Waals surface area contributed by atoms with Gasteiger partial charge in [0.15, 0.2) is 17.3 Å². The Balaban J connectivity index is 0.000000182. The first-order valence-corrected chi connectivity index (χ1v) is 27.7. The molecule has 0 radical (unpaired) electrons. The highest BCUT2D eigenvalue weighted by Gasteiger charge is 2.13. The summed E-state index contributed by atoms with van der Waals surface area (Å²) in [4.78, 5) is 22.6. The average molecular weight is 1170 g/mol. The largest absolute Gasteiger partial charge is 0.389 e. The topological polar surface area (TPSA) is 170 Å². The van der Waals surface area contributed by atoms with Gasteiger partial charge >= 0.3 is 0 Å². The molecule has 86 heavy (non-hydrogen) atoms. The smallest absolute Gasteiger partial charge is 0.170 e. The molecule has 0 spiro atoms. The zero-order valence-electron chi connectivity index (χ0n) is 47.8. The van der Waals surface area contributed by atoms with Gasteiger partial charge in [-0.05, 0) is 177 Å². The number of oxime groups is 2. The maximum absolute atomic E-state index is 13.0. The van der Waals surface area contributed by atoms with Crippen LogP contribution in [-0.2, 0) is 29.3 Å². The minimum Gasteiger partial charge on any atom is -0.389 e. The van der Waals surface area contributed by atoms with E-state index in [2.05, 4.69) is 86.0 Å². The minimum atomic E-state index is -0.131. The molecular weight excluding hydrogens is 1090 g/mol. The van der Waals surface area contributed by atoms with Gasteiger partial charge in [-0.25, -0.2) is 19.3 Å². The Labute approximate surface area is 512 Å². The number of amidine groups is 2. The lowest BCUT2D eigenvalue weighted by atomic mass is 10.0. The Bertz CT molecular complexity index is 4090. The van der Waals surface area contributed by atoms with E-state index in [1.165, 1.54) is 51.3 Å².